The molecule has 1 aliphatic carbocycles. The zero-order chi connectivity index (χ0) is 17.9. The van der Waals surface area contributed by atoms with Crippen LogP contribution < -0.4 is 5.32 Å². The molecule has 0 unspecified atom stereocenters. The van der Waals surface area contributed by atoms with Gasteiger partial charge in [0.2, 0.25) is 0 Å². The Hall–Kier alpha value is -2.63. The molecule has 1 fully saturated rings. The molecule has 0 atom stereocenters. The van der Waals surface area contributed by atoms with Gasteiger partial charge in [-0.25, -0.2) is 4.79 Å². The van der Waals surface area contributed by atoms with Crippen molar-refractivity contribution in [3.8, 4) is 11.3 Å². The number of rotatable bonds is 4. The summed E-state index contributed by atoms with van der Waals surface area (Å²) in [5, 5.41) is 6.96. The summed E-state index contributed by atoms with van der Waals surface area (Å²) in [4.78, 5) is 25.4. The predicted octanol–water partition coefficient (Wildman–Crippen LogP) is 3.26. The van der Waals surface area contributed by atoms with Crippen LogP contribution >= 0.6 is 0 Å². The molecule has 1 saturated carbocycles. The van der Waals surface area contributed by atoms with Crippen molar-refractivity contribution in [1.82, 2.24) is 10.5 Å². The van der Waals surface area contributed by atoms with Gasteiger partial charge in [0.05, 0.1) is 7.11 Å². The highest BCUT2D eigenvalue weighted by molar-refractivity contribution is 6.03. The number of esters is 1. The average molecular weight is 342 g/mol. The van der Waals surface area contributed by atoms with Gasteiger partial charge in [0.25, 0.3) is 5.91 Å². The Morgan fingerprint density at radius 3 is 2.48 bits per heavy atom. The minimum absolute atomic E-state index is 0.357. The highest BCUT2D eigenvalue weighted by Gasteiger charge is 2.43. The van der Waals surface area contributed by atoms with Crippen molar-refractivity contribution in [2.45, 2.75) is 44.6 Å². The lowest BCUT2D eigenvalue weighted by Crippen LogP contribution is -2.56. The molecule has 3 rings (SSSR count). The van der Waals surface area contributed by atoms with Gasteiger partial charge in [-0.1, -0.05) is 54.8 Å². The van der Waals surface area contributed by atoms with Gasteiger partial charge in [-0.05, 0) is 19.8 Å². The van der Waals surface area contributed by atoms with Gasteiger partial charge in [-0.2, -0.15) is 0 Å². The molecule has 1 heterocycles. The van der Waals surface area contributed by atoms with Crippen molar-refractivity contribution in [2.24, 2.45) is 0 Å². The highest BCUT2D eigenvalue weighted by Crippen LogP contribution is 2.31. The standard InChI is InChI=1S/C19H22N2O4/c1-13-15(16(21-25-13)14-9-5-3-6-10-14)17(22)20-19(18(23)24-2)11-7-4-8-12-19/h3,5-6,9-10H,4,7-8,11-12H2,1-2H3,(H,20,22). The van der Waals surface area contributed by atoms with Crippen LogP contribution in [0.1, 0.15) is 48.2 Å². The van der Waals surface area contributed by atoms with E-state index in [0.717, 1.165) is 24.8 Å². The van der Waals surface area contributed by atoms with E-state index in [0.29, 0.717) is 29.9 Å². The summed E-state index contributed by atoms with van der Waals surface area (Å²) >= 11 is 0. The van der Waals surface area contributed by atoms with Crippen LogP contribution in [0.2, 0.25) is 0 Å². The van der Waals surface area contributed by atoms with Gasteiger partial charge in [0.15, 0.2) is 0 Å². The van der Waals surface area contributed by atoms with E-state index in [4.69, 9.17) is 9.26 Å². The fourth-order valence-corrected chi connectivity index (χ4v) is 3.44. The van der Waals surface area contributed by atoms with Gasteiger partial charge >= 0.3 is 5.97 Å². The Kier molecular flexibility index (Phi) is 4.88. The third kappa shape index (κ3) is 3.29. The van der Waals surface area contributed by atoms with E-state index in [-0.39, 0.29) is 5.91 Å². The quantitative estimate of drug-likeness (QED) is 0.863. The molecule has 1 N–H and O–H groups in total. The minimum atomic E-state index is -0.970. The van der Waals surface area contributed by atoms with E-state index >= 15 is 0 Å². The molecular formula is C19H22N2O4. The van der Waals surface area contributed by atoms with Crippen molar-refractivity contribution in [1.29, 1.82) is 0 Å². The second-order valence-electron chi connectivity index (χ2n) is 6.42. The third-order valence-electron chi connectivity index (χ3n) is 4.77. The van der Waals surface area contributed by atoms with Gasteiger partial charge in [-0.3, -0.25) is 4.79 Å². The first-order valence-electron chi connectivity index (χ1n) is 8.50. The van der Waals surface area contributed by atoms with Gasteiger partial charge in [0, 0.05) is 5.56 Å². The largest absolute Gasteiger partial charge is 0.467 e. The summed E-state index contributed by atoms with van der Waals surface area (Å²) in [7, 11) is 1.35. The number of nitrogens with one attached hydrogen (secondary N) is 1. The SMILES string of the molecule is COC(=O)C1(NC(=O)c2c(-c3ccccc3)noc2C)CCCCC1. The Morgan fingerprint density at radius 1 is 1.16 bits per heavy atom. The molecule has 1 amide bonds. The average Bonchev–Trinajstić information content (AvgIpc) is 3.04. The van der Waals surface area contributed by atoms with Crippen LogP contribution in [0.15, 0.2) is 34.9 Å². The number of ether oxygens (including phenoxy) is 1. The molecule has 0 bridgehead atoms. The number of methoxy groups -OCH3 is 1. The zero-order valence-electron chi connectivity index (χ0n) is 14.5. The van der Waals surface area contributed by atoms with E-state index < -0.39 is 11.5 Å². The molecule has 0 saturated heterocycles. The molecule has 132 valence electrons. The topological polar surface area (TPSA) is 81.4 Å². The van der Waals surface area contributed by atoms with Crippen LogP contribution in [0.4, 0.5) is 0 Å². The van der Waals surface area contributed by atoms with Crippen molar-refractivity contribution in [2.75, 3.05) is 7.11 Å². The van der Waals surface area contributed by atoms with Crippen LogP contribution in [0, 0.1) is 6.92 Å². The zero-order valence-corrected chi connectivity index (χ0v) is 14.5. The number of aryl methyl sites for hydroxylation is 1. The van der Waals surface area contributed by atoms with Crippen molar-refractivity contribution in [3.63, 3.8) is 0 Å². The number of aromatic nitrogens is 1. The van der Waals surface area contributed by atoms with Gasteiger partial charge in [-0.15, -0.1) is 0 Å². The first-order valence-corrected chi connectivity index (χ1v) is 8.50. The van der Waals surface area contributed by atoms with E-state index in [1.165, 1.54) is 7.11 Å². The van der Waals surface area contributed by atoms with Crippen LogP contribution in [0.25, 0.3) is 11.3 Å². The maximum atomic E-state index is 13.0. The van der Waals surface area contributed by atoms with E-state index in [1.54, 1.807) is 6.92 Å². The predicted molar refractivity (Wildman–Crippen MR) is 92.0 cm³/mol. The molecule has 0 spiro atoms. The van der Waals surface area contributed by atoms with Crippen LogP contribution in [0.3, 0.4) is 0 Å². The summed E-state index contributed by atoms with van der Waals surface area (Å²) in [5.41, 5.74) is 0.661. The third-order valence-corrected chi connectivity index (χ3v) is 4.77. The van der Waals surface area contributed by atoms with E-state index in [9.17, 15) is 9.59 Å². The molecule has 0 aliphatic heterocycles. The molecule has 1 aromatic heterocycles. The summed E-state index contributed by atoms with van der Waals surface area (Å²) < 4.78 is 10.2. The molecular weight excluding hydrogens is 320 g/mol. The molecule has 0 radical (unpaired) electrons. The fraction of sp³-hybridized carbons (Fsp3) is 0.421. The highest BCUT2D eigenvalue weighted by atomic mass is 16.5. The van der Waals surface area contributed by atoms with E-state index in [1.807, 2.05) is 30.3 Å². The Morgan fingerprint density at radius 2 is 1.84 bits per heavy atom. The molecule has 1 aliphatic rings. The summed E-state index contributed by atoms with van der Waals surface area (Å²) in [5.74, 6) is -0.326. The number of carbonyl (C=O) groups excluding carboxylic acids is 2. The van der Waals surface area contributed by atoms with Gasteiger partial charge < -0.3 is 14.6 Å². The number of hydrogen-bond acceptors (Lipinski definition) is 5. The smallest absolute Gasteiger partial charge is 0.331 e. The first-order chi connectivity index (χ1) is 12.1. The summed E-state index contributed by atoms with van der Waals surface area (Å²) in [6, 6.07) is 9.37. The Balaban J connectivity index is 1.93. The number of amides is 1. The Labute approximate surface area is 146 Å². The van der Waals surface area contributed by atoms with Crippen LogP contribution in [-0.2, 0) is 9.53 Å². The van der Waals surface area contributed by atoms with Crippen molar-refractivity contribution < 1.29 is 18.8 Å². The summed E-state index contributed by atoms with van der Waals surface area (Å²) in [6.07, 6.45) is 3.97. The molecule has 6 nitrogen and oxygen atoms in total. The van der Waals surface area contributed by atoms with Crippen LogP contribution in [-0.4, -0.2) is 29.7 Å². The minimum Gasteiger partial charge on any atom is -0.467 e. The molecule has 2 aromatic rings. The molecule has 1 aromatic carbocycles. The second kappa shape index (κ2) is 7.09. The number of nitrogens with zero attached hydrogens (tertiary/aromatic N) is 1. The van der Waals surface area contributed by atoms with Crippen molar-refractivity contribution in [3.05, 3.63) is 41.7 Å². The monoisotopic (exact) mass is 342 g/mol. The fourth-order valence-electron chi connectivity index (χ4n) is 3.44. The van der Waals surface area contributed by atoms with Gasteiger partial charge in [0.1, 0.15) is 22.6 Å². The second-order valence-corrected chi connectivity index (χ2v) is 6.42. The molecule has 6 heteroatoms. The number of hydrogen-bond donors (Lipinski definition) is 1. The maximum Gasteiger partial charge on any atom is 0.331 e. The summed E-state index contributed by atoms with van der Waals surface area (Å²) in [6.45, 7) is 1.69. The Bertz CT molecular complexity index is 761. The number of carbonyl (C=O) groups is 2. The first kappa shape index (κ1) is 17.2. The lowest BCUT2D eigenvalue weighted by molar-refractivity contribution is -0.149. The van der Waals surface area contributed by atoms with Crippen molar-refractivity contribution >= 4 is 11.9 Å². The lowest BCUT2D eigenvalue weighted by atomic mass is 9.81. The van der Waals surface area contributed by atoms with E-state index in [2.05, 4.69) is 10.5 Å². The lowest BCUT2D eigenvalue weighted by Gasteiger charge is -2.35. The maximum absolute atomic E-state index is 13.0. The normalized spacial score (nSPS) is 16.2. The molecule has 25 heavy (non-hydrogen) atoms. The van der Waals surface area contributed by atoms with Crippen LogP contribution in [0.5, 0.6) is 0 Å². The number of benzene rings is 1.